The molecule has 1 saturated heterocycles. The number of amides is 2. The maximum atomic E-state index is 12.8. The van der Waals surface area contributed by atoms with E-state index >= 15 is 0 Å². The summed E-state index contributed by atoms with van der Waals surface area (Å²) in [6.45, 7) is 2.39. The van der Waals surface area contributed by atoms with Gasteiger partial charge in [0.1, 0.15) is 0 Å². The molecule has 1 aliphatic heterocycles. The number of nitrogens with zero attached hydrogens (tertiary/aromatic N) is 1. The van der Waals surface area contributed by atoms with E-state index in [0.29, 0.717) is 25.5 Å². The van der Waals surface area contributed by atoms with Crippen molar-refractivity contribution >= 4 is 24.2 Å². The first kappa shape index (κ1) is 20.2. The number of carbonyl (C=O) groups excluding carboxylic acids is 2. The lowest BCUT2D eigenvalue weighted by Crippen LogP contribution is -2.47. The molecule has 0 aromatic rings. The molecule has 6 heteroatoms. The molecule has 0 radical (unpaired) electrons. The van der Waals surface area contributed by atoms with Gasteiger partial charge in [-0.2, -0.15) is 0 Å². The third-order valence-electron chi connectivity index (χ3n) is 5.00. The molecular formula is C17H32ClN3O2. The van der Waals surface area contributed by atoms with Crippen molar-refractivity contribution in [2.24, 2.45) is 17.6 Å². The van der Waals surface area contributed by atoms with E-state index in [2.05, 4.69) is 5.32 Å². The van der Waals surface area contributed by atoms with E-state index in [0.717, 1.165) is 32.2 Å². The summed E-state index contributed by atoms with van der Waals surface area (Å²) in [4.78, 5) is 26.8. The fourth-order valence-electron chi connectivity index (χ4n) is 3.69. The number of carbonyl (C=O) groups is 2. The number of hydrogen-bond donors (Lipinski definition) is 2. The number of halogens is 1. The minimum absolute atomic E-state index is 0. The molecule has 2 rings (SSSR count). The molecule has 2 amide bonds. The van der Waals surface area contributed by atoms with Crippen LogP contribution in [0.3, 0.4) is 0 Å². The maximum absolute atomic E-state index is 12.8. The van der Waals surface area contributed by atoms with Crippen molar-refractivity contribution in [3.05, 3.63) is 0 Å². The molecule has 23 heavy (non-hydrogen) atoms. The molecule has 2 fully saturated rings. The lowest BCUT2D eigenvalue weighted by atomic mass is 9.88. The van der Waals surface area contributed by atoms with Gasteiger partial charge in [0.2, 0.25) is 11.8 Å². The van der Waals surface area contributed by atoms with Crippen molar-refractivity contribution in [3.8, 4) is 0 Å². The van der Waals surface area contributed by atoms with Crippen LogP contribution >= 0.6 is 12.4 Å². The first-order valence-electron chi connectivity index (χ1n) is 8.99. The van der Waals surface area contributed by atoms with Gasteiger partial charge < -0.3 is 16.0 Å². The van der Waals surface area contributed by atoms with E-state index in [1.807, 2.05) is 4.90 Å². The molecule has 1 unspecified atom stereocenters. The Balaban J connectivity index is 0.00000264. The molecule has 0 bridgehead atoms. The van der Waals surface area contributed by atoms with E-state index in [1.54, 1.807) is 0 Å². The van der Waals surface area contributed by atoms with Gasteiger partial charge in [-0.25, -0.2) is 0 Å². The Hall–Kier alpha value is -0.810. The molecule has 134 valence electrons. The molecule has 5 nitrogen and oxygen atoms in total. The average Bonchev–Trinajstić information content (AvgIpc) is 2.52. The van der Waals surface area contributed by atoms with Crippen molar-refractivity contribution in [3.63, 3.8) is 0 Å². The van der Waals surface area contributed by atoms with Crippen LogP contribution in [0.4, 0.5) is 0 Å². The van der Waals surface area contributed by atoms with E-state index < -0.39 is 0 Å². The van der Waals surface area contributed by atoms with Gasteiger partial charge in [-0.1, -0.05) is 32.1 Å². The van der Waals surface area contributed by atoms with Crippen LogP contribution in [0.1, 0.15) is 57.8 Å². The van der Waals surface area contributed by atoms with Crippen molar-refractivity contribution in [1.29, 1.82) is 0 Å². The summed E-state index contributed by atoms with van der Waals surface area (Å²) in [7, 11) is 0. The second kappa shape index (κ2) is 10.9. The Kier molecular flexibility index (Phi) is 9.56. The molecular weight excluding hydrogens is 314 g/mol. The standard InChI is InChI=1S/C17H31N3O2.ClH/c18-10-11-19-16(21)15-9-6-12-20(13-15)17(22)14-7-4-2-1-3-5-8-14;/h14-15H,1-13,18H2,(H,19,21);1H. The normalized spacial score (nSPS) is 23.3. The predicted octanol–water partition coefficient (Wildman–Crippen LogP) is 2.08. The molecule has 1 heterocycles. The largest absolute Gasteiger partial charge is 0.355 e. The Labute approximate surface area is 146 Å². The third-order valence-corrected chi connectivity index (χ3v) is 5.00. The number of nitrogens with one attached hydrogen (secondary N) is 1. The minimum Gasteiger partial charge on any atom is -0.355 e. The monoisotopic (exact) mass is 345 g/mol. The Morgan fingerprint density at radius 3 is 2.22 bits per heavy atom. The van der Waals surface area contributed by atoms with Gasteiger partial charge in [-0.05, 0) is 25.7 Å². The highest BCUT2D eigenvalue weighted by Gasteiger charge is 2.31. The summed E-state index contributed by atoms with van der Waals surface area (Å²) in [6, 6.07) is 0. The summed E-state index contributed by atoms with van der Waals surface area (Å²) in [5.41, 5.74) is 5.43. The van der Waals surface area contributed by atoms with Crippen LogP contribution in [0.15, 0.2) is 0 Å². The zero-order valence-corrected chi connectivity index (χ0v) is 14.9. The molecule has 3 N–H and O–H groups in total. The molecule has 2 aliphatic rings. The van der Waals surface area contributed by atoms with Crippen molar-refractivity contribution in [2.75, 3.05) is 26.2 Å². The van der Waals surface area contributed by atoms with E-state index in [4.69, 9.17) is 5.73 Å². The van der Waals surface area contributed by atoms with E-state index in [9.17, 15) is 9.59 Å². The van der Waals surface area contributed by atoms with E-state index in [1.165, 1.54) is 32.1 Å². The lowest BCUT2D eigenvalue weighted by molar-refractivity contribution is -0.139. The molecule has 0 aromatic carbocycles. The van der Waals surface area contributed by atoms with Gasteiger partial charge in [0, 0.05) is 32.1 Å². The van der Waals surface area contributed by atoms with Gasteiger partial charge in [0.15, 0.2) is 0 Å². The Morgan fingerprint density at radius 1 is 0.957 bits per heavy atom. The van der Waals surface area contributed by atoms with Crippen molar-refractivity contribution in [1.82, 2.24) is 10.2 Å². The van der Waals surface area contributed by atoms with Crippen LogP contribution in [0, 0.1) is 11.8 Å². The fraction of sp³-hybridized carbons (Fsp3) is 0.882. The van der Waals surface area contributed by atoms with E-state index in [-0.39, 0.29) is 30.2 Å². The second-order valence-corrected chi connectivity index (χ2v) is 6.75. The van der Waals surface area contributed by atoms with Crippen LogP contribution in [-0.4, -0.2) is 42.9 Å². The SMILES string of the molecule is Cl.NCCNC(=O)C1CCCN(C(=O)C2CCCCCCC2)C1. The van der Waals surface area contributed by atoms with Gasteiger partial charge in [0.05, 0.1) is 5.92 Å². The zero-order valence-electron chi connectivity index (χ0n) is 14.1. The minimum atomic E-state index is -0.0576. The van der Waals surface area contributed by atoms with Crippen LogP contribution in [0.5, 0.6) is 0 Å². The second-order valence-electron chi connectivity index (χ2n) is 6.75. The van der Waals surface area contributed by atoms with Gasteiger partial charge in [-0.3, -0.25) is 9.59 Å². The summed E-state index contributed by atoms with van der Waals surface area (Å²) in [5, 5.41) is 2.86. The van der Waals surface area contributed by atoms with Crippen molar-refractivity contribution < 1.29 is 9.59 Å². The van der Waals surface area contributed by atoms with Gasteiger partial charge in [-0.15, -0.1) is 12.4 Å². The zero-order chi connectivity index (χ0) is 15.8. The topological polar surface area (TPSA) is 75.4 Å². The molecule has 0 spiro atoms. The van der Waals surface area contributed by atoms with Crippen LogP contribution in [0.25, 0.3) is 0 Å². The maximum Gasteiger partial charge on any atom is 0.225 e. The number of nitrogens with two attached hydrogens (primary N) is 1. The smallest absolute Gasteiger partial charge is 0.225 e. The Morgan fingerprint density at radius 2 is 1.57 bits per heavy atom. The molecule has 1 aliphatic carbocycles. The highest BCUT2D eigenvalue weighted by atomic mass is 35.5. The molecule has 1 atom stereocenters. The first-order valence-corrected chi connectivity index (χ1v) is 8.99. The quantitative estimate of drug-likeness (QED) is 0.819. The third kappa shape index (κ3) is 6.30. The van der Waals surface area contributed by atoms with Crippen LogP contribution < -0.4 is 11.1 Å². The average molecular weight is 346 g/mol. The van der Waals surface area contributed by atoms with Gasteiger partial charge >= 0.3 is 0 Å². The number of rotatable bonds is 4. The van der Waals surface area contributed by atoms with Crippen molar-refractivity contribution in [2.45, 2.75) is 57.8 Å². The summed E-state index contributed by atoms with van der Waals surface area (Å²) in [5.74, 6) is 0.475. The summed E-state index contributed by atoms with van der Waals surface area (Å²) < 4.78 is 0. The highest BCUT2D eigenvalue weighted by molar-refractivity contribution is 5.85. The lowest BCUT2D eigenvalue weighted by Gasteiger charge is -2.35. The summed E-state index contributed by atoms with van der Waals surface area (Å²) >= 11 is 0. The first-order chi connectivity index (χ1) is 10.7. The number of piperidine rings is 1. The number of likely N-dealkylation sites (tertiary alicyclic amines) is 1. The highest BCUT2D eigenvalue weighted by Crippen LogP contribution is 2.26. The fourth-order valence-corrected chi connectivity index (χ4v) is 3.69. The Bertz CT molecular complexity index is 371. The summed E-state index contributed by atoms with van der Waals surface area (Å²) in [6.07, 6.45) is 10.0. The number of hydrogen-bond acceptors (Lipinski definition) is 3. The van der Waals surface area contributed by atoms with Gasteiger partial charge in [0.25, 0.3) is 0 Å². The molecule has 0 aromatic heterocycles. The van der Waals surface area contributed by atoms with Crippen LogP contribution in [-0.2, 0) is 9.59 Å². The van der Waals surface area contributed by atoms with Crippen LogP contribution in [0.2, 0.25) is 0 Å². The molecule has 1 saturated carbocycles. The predicted molar refractivity (Wildman–Crippen MR) is 94.4 cm³/mol.